The smallest absolute Gasteiger partial charge is 0.146 e. The molecule has 0 amide bonds. The number of nitrogens with two attached hydrogens (primary N) is 1. The molecule has 90 valence electrons. The Hall–Kier alpha value is -1.29. The van der Waals surface area contributed by atoms with Gasteiger partial charge in [0.2, 0.25) is 0 Å². The van der Waals surface area contributed by atoms with Crippen molar-refractivity contribution in [2.45, 2.75) is 26.3 Å². The first-order chi connectivity index (χ1) is 7.88. The summed E-state index contributed by atoms with van der Waals surface area (Å²) in [6.45, 7) is 6.34. The zero-order valence-corrected chi connectivity index (χ0v) is 11.8. The van der Waals surface area contributed by atoms with Crippen molar-refractivity contribution >= 4 is 21.7 Å². The maximum Gasteiger partial charge on any atom is 0.146 e. The van der Waals surface area contributed by atoms with Gasteiger partial charge in [-0.2, -0.15) is 5.10 Å². The third-order valence-corrected chi connectivity index (χ3v) is 2.98. The van der Waals surface area contributed by atoms with Crippen LogP contribution in [0.15, 0.2) is 34.8 Å². The van der Waals surface area contributed by atoms with Crippen LogP contribution in [0, 0.1) is 0 Å². The first-order valence-electron chi connectivity index (χ1n) is 5.50. The highest BCUT2D eigenvalue weighted by atomic mass is 79.9. The van der Waals surface area contributed by atoms with Crippen LogP contribution in [0.2, 0.25) is 0 Å². The fourth-order valence-corrected chi connectivity index (χ4v) is 2.16. The van der Waals surface area contributed by atoms with Crippen molar-refractivity contribution in [3.8, 4) is 11.3 Å². The monoisotopic (exact) mass is 293 g/mol. The Balaban J connectivity index is 2.60. The van der Waals surface area contributed by atoms with Crippen LogP contribution in [-0.4, -0.2) is 9.78 Å². The molecule has 0 fully saturated rings. The van der Waals surface area contributed by atoms with Gasteiger partial charge < -0.3 is 5.73 Å². The maximum absolute atomic E-state index is 5.81. The number of anilines is 1. The standard InChI is InChI=1S/C13H16BrN3/c1-13(2,3)17-11(8-12(15)16-17)9-5-4-6-10(14)7-9/h4-8H,1-3H3,(H2,15,16). The molecule has 1 heterocycles. The van der Waals surface area contributed by atoms with Gasteiger partial charge in [0.25, 0.3) is 0 Å². The summed E-state index contributed by atoms with van der Waals surface area (Å²) in [5.41, 5.74) is 7.87. The second-order valence-electron chi connectivity index (χ2n) is 5.05. The molecule has 0 spiro atoms. The molecule has 0 bridgehead atoms. The highest BCUT2D eigenvalue weighted by Gasteiger charge is 2.19. The normalized spacial score (nSPS) is 11.8. The summed E-state index contributed by atoms with van der Waals surface area (Å²) in [6, 6.07) is 10.1. The second-order valence-corrected chi connectivity index (χ2v) is 5.96. The summed E-state index contributed by atoms with van der Waals surface area (Å²) in [4.78, 5) is 0. The molecule has 0 aliphatic carbocycles. The zero-order chi connectivity index (χ0) is 12.6. The minimum atomic E-state index is -0.0880. The van der Waals surface area contributed by atoms with E-state index in [9.17, 15) is 0 Å². The van der Waals surface area contributed by atoms with Gasteiger partial charge in [0, 0.05) is 16.1 Å². The Morgan fingerprint density at radius 3 is 2.53 bits per heavy atom. The minimum Gasteiger partial charge on any atom is -0.382 e. The highest BCUT2D eigenvalue weighted by Crippen LogP contribution is 2.28. The van der Waals surface area contributed by atoms with E-state index in [0.29, 0.717) is 5.82 Å². The van der Waals surface area contributed by atoms with E-state index in [1.807, 2.05) is 22.9 Å². The molecular weight excluding hydrogens is 278 g/mol. The number of hydrogen-bond donors (Lipinski definition) is 1. The van der Waals surface area contributed by atoms with Gasteiger partial charge in [0.1, 0.15) is 5.82 Å². The van der Waals surface area contributed by atoms with Gasteiger partial charge in [-0.25, -0.2) is 0 Å². The Morgan fingerprint density at radius 2 is 1.94 bits per heavy atom. The summed E-state index contributed by atoms with van der Waals surface area (Å²) in [5.74, 6) is 0.551. The molecule has 2 rings (SSSR count). The molecule has 0 saturated heterocycles. The van der Waals surface area contributed by atoms with Gasteiger partial charge in [0.15, 0.2) is 0 Å². The molecule has 0 saturated carbocycles. The predicted molar refractivity (Wildman–Crippen MR) is 74.8 cm³/mol. The average Bonchev–Trinajstić information content (AvgIpc) is 2.60. The number of benzene rings is 1. The van der Waals surface area contributed by atoms with Crippen LogP contribution >= 0.6 is 15.9 Å². The lowest BCUT2D eigenvalue weighted by Crippen LogP contribution is -2.24. The fourth-order valence-electron chi connectivity index (χ4n) is 1.76. The van der Waals surface area contributed by atoms with Gasteiger partial charge in [-0.15, -0.1) is 0 Å². The van der Waals surface area contributed by atoms with E-state index in [2.05, 4.69) is 53.9 Å². The molecule has 0 unspecified atom stereocenters. The second kappa shape index (κ2) is 4.18. The first-order valence-corrected chi connectivity index (χ1v) is 6.29. The van der Waals surface area contributed by atoms with E-state index in [1.165, 1.54) is 0 Å². The van der Waals surface area contributed by atoms with Crippen LogP contribution in [0.4, 0.5) is 5.82 Å². The molecule has 0 atom stereocenters. The highest BCUT2D eigenvalue weighted by molar-refractivity contribution is 9.10. The van der Waals surface area contributed by atoms with E-state index in [4.69, 9.17) is 5.73 Å². The Bertz CT molecular complexity index is 538. The van der Waals surface area contributed by atoms with E-state index in [-0.39, 0.29) is 5.54 Å². The molecule has 4 heteroatoms. The van der Waals surface area contributed by atoms with E-state index in [0.717, 1.165) is 15.7 Å². The number of aromatic nitrogens is 2. The van der Waals surface area contributed by atoms with Crippen LogP contribution in [0.5, 0.6) is 0 Å². The summed E-state index contributed by atoms with van der Waals surface area (Å²) in [7, 11) is 0. The topological polar surface area (TPSA) is 43.8 Å². The Labute approximate surface area is 110 Å². The van der Waals surface area contributed by atoms with Gasteiger partial charge in [0.05, 0.1) is 11.2 Å². The lowest BCUT2D eigenvalue weighted by molar-refractivity contribution is 0.361. The van der Waals surface area contributed by atoms with Gasteiger partial charge >= 0.3 is 0 Å². The van der Waals surface area contributed by atoms with E-state index in [1.54, 1.807) is 0 Å². The Morgan fingerprint density at radius 1 is 1.24 bits per heavy atom. The number of nitrogens with zero attached hydrogens (tertiary/aromatic N) is 2. The van der Waals surface area contributed by atoms with Crippen LogP contribution in [0.25, 0.3) is 11.3 Å². The van der Waals surface area contributed by atoms with Gasteiger partial charge in [-0.1, -0.05) is 28.1 Å². The molecule has 3 nitrogen and oxygen atoms in total. The molecule has 0 radical (unpaired) electrons. The quantitative estimate of drug-likeness (QED) is 0.872. The third-order valence-electron chi connectivity index (χ3n) is 2.48. The molecule has 2 N–H and O–H groups in total. The number of rotatable bonds is 1. The van der Waals surface area contributed by atoms with Crippen molar-refractivity contribution in [2.24, 2.45) is 0 Å². The molecular formula is C13H16BrN3. The zero-order valence-electron chi connectivity index (χ0n) is 10.2. The van der Waals surface area contributed by atoms with Crippen molar-refractivity contribution in [3.05, 3.63) is 34.8 Å². The van der Waals surface area contributed by atoms with Crippen molar-refractivity contribution in [2.75, 3.05) is 5.73 Å². The third kappa shape index (κ3) is 2.52. The van der Waals surface area contributed by atoms with Crippen LogP contribution < -0.4 is 5.73 Å². The number of hydrogen-bond acceptors (Lipinski definition) is 2. The Kier molecular flexibility index (Phi) is 3.00. The summed E-state index contributed by atoms with van der Waals surface area (Å²) in [5, 5.41) is 4.37. The predicted octanol–water partition coefficient (Wildman–Crippen LogP) is 3.65. The minimum absolute atomic E-state index is 0.0880. The number of nitrogen functional groups attached to an aromatic ring is 1. The van der Waals surface area contributed by atoms with E-state index < -0.39 is 0 Å². The SMILES string of the molecule is CC(C)(C)n1nc(N)cc1-c1cccc(Br)c1. The van der Waals surface area contributed by atoms with Crippen molar-refractivity contribution in [1.29, 1.82) is 0 Å². The van der Waals surface area contributed by atoms with Crippen LogP contribution in [0.1, 0.15) is 20.8 Å². The molecule has 1 aromatic heterocycles. The molecule has 0 aliphatic heterocycles. The summed E-state index contributed by atoms with van der Waals surface area (Å²) < 4.78 is 3.01. The van der Waals surface area contributed by atoms with Crippen LogP contribution in [0.3, 0.4) is 0 Å². The van der Waals surface area contributed by atoms with Crippen molar-refractivity contribution < 1.29 is 0 Å². The molecule has 0 aliphatic rings. The molecule has 2 aromatic rings. The van der Waals surface area contributed by atoms with Crippen LogP contribution in [-0.2, 0) is 5.54 Å². The first kappa shape index (κ1) is 12.2. The van der Waals surface area contributed by atoms with E-state index >= 15 is 0 Å². The van der Waals surface area contributed by atoms with Gasteiger partial charge in [-0.05, 0) is 32.9 Å². The average molecular weight is 294 g/mol. The lowest BCUT2D eigenvalue weighted by Gasteiger charge is -2.22. The van der Waals surface area contributed by atoms with Crippen molar-refractivity contribution in [3.63, 3.8) is 0 Å². The fraction of sp³-hybridized carbons (Fsp3) is 0.308. The number of halogens is 1. The maximum atomic E-state index is 5.81. The lowest BCUT2D eigenvalue weighted by atomic mass is 10.1. The largest absolute Gasteiger partial charge is 0.382 e. The summed E-state index contributed by atoms with van der Waals surface area (Å²) >= 11 is 3.48. The van der Waals surface area contributed by atoms with Crippen molar-refractivity contribution in [1.82, 2.24) is 9.78 Å². The molecule has 1 aromatic carbocycles. The van der Waals surface area contributed by atoms with Gasteiger partial charge in [-0.3, -0.25) is 4.68 Å². The summed E-state index contributed by atoms with van der Waals surface area (Å²) in [6.07, 6.45) is 0. The molecule has 17 heavy (non-hydrogen) atoms.